The highest BCUT2D eigenvalue weighted by molar-refractivity contribution is 5.02. The van der Waals surface area contributed by atoms with E-state index in [-0.39, 0.29) is 24.6 Å². The first-order valence-corrected chi connectivity index (χ1v) is 3.19. The average Bonchev–Trinajstić information content (AvgIpc) is 2.44. The summed E-state index contributed by atoms with van der Waals surface area (Å²) in [7, 11) is 0. The summed E-state index contributed by atoms with van der Waals surface area (Å²) in [4.78, 5) is 22.8. The van der Waals surface area contributed by atoms with E-state index >= 15 is 0 Å². The lowest BCUT2D eigenvalue weighted by atomic mass is 10.4. The summed E-state index contributed by atoms with van der Waals surface area (Å²) in [5.41, 5.74) is 7.98. The van der Waals surface area contributed by atoms with Crippen LogP contribution in [0.25, 0.3) is 10.4 Å². The number of nitrogens with zero attached hydrogens (tertiary/aromatic N) is 4. The van der Waals surface area contributed by atoms with Gasteiger partial charge in [-0.1, -0.05) is 10.3 Å². The van der Waals surface area contributed by atoms with Crippen molar-refractivity contribution in [3.63, 3.8) is 0 Å². The molecule has 0 bridgehead atoms. The monoisotopic (exact) mass is 184 g/mol. The van der Waals surface area contributed by atoms with Crippen molar-refractivity contribution in [1.82, 2.24) is 0 Å². The van der Waals surface area contributed by atoms with E-state index in [1.54, 1.807) is 0 Å². The van der Waals surface area contributed by atoms with Gasteiger partial charge in [0.15, 0.2) is 11.5 Å². The lowest BCUT2D eigenvalue weighted by Gasteiger charge is -1.87. The maximum Gasteiger partial charge on any atom is 0.519 e. The fourth-order valence-electron chi connectivity index (χ4n) is 0.731. The first-order chi connectivity index (χ1) is 6.27. The lowest BCUT2D eigenvalue weighted by molar-refractivity contribution is 0.366. The van der Waals surface area contributed by atoms with Gasteiger partial charge in [0.2, 0.25) is 0 Å². The van der Waals surface area contributed by atoms with Crippen LogP contribution >= 0.6 is 0 Å². The fourth-order valence-corrected chi connectivity index (χ4v) is 0.731. The van der Waals surface area contributed by atoms with Gasteiger partial charge in [-0.3, -0.25) is 0 Å². The molecule has 0 radical (unpaired) electrons. The van der Waals surface area contributed by atoms with Crippen molar-refractivity contribution < 1.29 is 8.83 Å². The van der Waals surface area contributed by atoms with Crippen LogP contribution in [0.15, 0.2) is 23.9 Å². The topological polar surface area (TPSA) is 122 Å². The summed E-state index contributed by atoms with van der Waals surface area (Å²) in [6, 6.07) is 0. The third kappa shape index (κ3) is 2.17. The molecular formula is C5H4N4O4. The van der Waals surface area contributed by atoms with Crippen molar-refractivity contribution in [2.24, 2.45) is 10.3 Å². The second kappa shape index (κ2) is 4.07. The first-order valence-electron chi connectivity index (χ1n) is 3.19. The Balaban J connectivity index is 2.95. The minimum atomic E-state index is -0.943. The van der Waals surface area contributed by atoms with Gasteiger partial charge in [0.25, 0.3) is 0 Å². The smallest absolute Gasteiger partial charge is 0.395 e. The molecule has 0 spiro atoms. The highest BCUT2D eigenvalue weighted by Gasteiger charge is 2.11. The van der Waals surface area contributed by atoms with E-state index in [1.807, 2.05) is 0 Å². The van der Waals surface area contributed by atoms with Crippen LogP contribution in [0.5, 0.6) is 0 Å². The van der Waals surface area contributed by atoms with Gasteiger partial charge in [0.05, 0.1) is 6.54 Å². The van der Waals surface area contributed by atoms with Crippen LogP contribution in [0.1, 0.15) is 11.5 Å². The maximum absolute atomic E-state index is 10.5. The van der Waals surface area contributed by atoms with E-state index in [2.05, 4.69) is 24.0 Å². The van der Waals surface area contributed by atoms with Gasteiger partial charge in [-0.05, 0) is 5.53 Å². The summed E-state index contributed by atoms with van der Waals surface area (Å²) in [5.74, 6) is -0.920. The van der Waals surface area contributed by atoms with E-state index in [1.165, 1.54) is 0 Å². The highest BCUT2D eigenvalue weighted by Crippen LogP contribution is 2.09. The van der Waals surface area contributed by atoms with E-state index in [0.717, 1.165) is 0 Å². The second-order valence-corrected chi connectivity index (χ2v) is 1.98. The van der Waals surface area contributed by atoms with Gasteiger partial charge in [0.1, 0.15) is 6.54 Å². The van der Waals surface area contributed by atoms with E-state index in [9.17, 15) is 9.70 Å². The van der Waals surface area contributed by atoms with Gasteiger partial charge >= 0.3 is 5.82 Å². The van der Waals surface area contributed by atoms with Gasteiger partial charge in [0, 0.05) is 4.91 Å². The molecule has 0 N–H and O–H groups in total. The molecule has 0 saturated carbocycles. The number of hydrogen-bond acceptors (Lipinski definition) is 6. The number of nitroso groups, excluding NO2 is 1. The Kier molecular flexibility index (Phi) is 2.82. The Bertz CT molecular complexity index is 399. The van der Waals surface area contributed by atoms with Crippen molar-refractivity contribution in [3.8, 4) is 0 Å². The second-order valence-electron chi connectivity index (χ2n) is 1.98. The number of hydrogen-bond donors (Lipinski definition) is 0. The fraction of sp³-hybridized carbons (Fsp3) is 0.400. The SMILES string of the molecule is [N-]=[N+]=NCc1oc(=O)oc1CN=O. The van der Waals surface area contributed by atoms with Crippen molar-refractivity contribution >= 4 is 0 Å². The summed E-state index contributed by atoms with van der Waals surface area (Å²) in [6.07, 6.45) is 0. The van der Waals surface area contributed by atoms with Crippen molar-refractivity contribution in [2.45, 2.75) is 13.1 Å². The summed E-state index contributed by atoms with van der Waals surface area (Å²) >= 11 is 0. The summed E-state index contributed by atoms with van der Waals surface area (Å²) < 4.78 is 8.94. The first kappa shape index (κ1) is 9.01. The van der Waals surface area contributed by atoms with Crippen LogP contribution in [0, 0.1) is 4.91 Å². The maximum atomic E-state index is 10.5. The molecule has 1 aromatic heterocycles. The van der Waals surface area contributed by atoms with Gasteiger partial charge in [-0.2, -0.15) is 4.91 Å². The standard InChI is InChI=1S/C5H4N4O4/c6-9-7-1-3-4(2-8-11)13-5(10)12-3/h1-2H2. The Morgan fingerprint density at radius 1 is 1.31 bits per heavy atom. The summed E-state index contributed by atoms with van der Waals surface area (Å²) in [6.45, 7) is -0.491. The Hall–Kier alpha value is -2.08. The molecule has 0 atom stereocenters. The third-order valence-corrected chi connectivity index (χ3v) is 1.21. The van der Waals surface area contributed by atoms with Crippen LogP contribution < -0.4 is 5.82 Å². The molecule has 68 valence electrons. The van der Waals surface area contributed by atoms with Crippen molar-refractivity contribution in [1.29, 1.82) is 0 Å². The molecule has 8 nitrogen and oxygen atoms in total. The molecule has 13 heavy (non-hydrogen) atoms. The van der Waals surface area contributed by atoms with Crippen LogP contribution in [-0.4, -0.2) is 0 Å². The normalized spacial score (nSPS) is 9.23. The zero-order valence-electron chi connectivity index (χ0n) is 6.34. The zero-order chi connectivity index (χ0) is 9.68. The molecule has 0 aliphatic heterocycles. The van der Waals surface area contributed by atoms with E-state index < -0.39 is 5.82 Å². The lowest BCUT2D eigenvalue weighted by Crippen LogP contribution is -1.86. The van der Waals surface area contributed by atoms with Gasteiger partial charge in [-0.15, -0.1) is 0 Å². The molecule has 0 amide bonds. The predicted octanol–water partition coefficient (Wildman–Crippen LogP) is 1.31. The van der Waals surface area contributed by atoms with Crippen LogP contribution in [0.2, 0.25) is 0 Å². The largest absolute Gasteiger partial charge is 0.519 e. The average molecular weight is 184 g/mol. The Morgan fingerprint density at radius 3 is 2.46 bits per heavy atom. The van der Waals surface area contributed by atoms with Crippen molar-refractivity contribution in [3.05, 3.63) is 37.5 Å². The zero-order valence-corrected chi connectivity index (χ0v) is 6.34. The van der Waals surface area contributed by atoms with Crippen LogP contribution in [-0.2, 0) is 13.1 Å². The molecule has 0 unspecified atom stereocenters. The predicted molar refractivity (Wildman–Crippen MR) is 39.6 cm³/mol. The van der Waals surface area contributed by atoms with E-state index in [0.29, 0.717) is 0 Å². The summed E-state index contributed by atoms with van der Waals surface area (Å²) in [5, 5.41) is 5.65. The Morgan fingerprint density at radius 2 is 1.92 bits per heavy atom. The molecule has 0 saturated heterocycles. The van der Waals surface area contributed by atoms with Crippen LogP contribution in [0.4, 0.5) is 0 Å². The quantitative estimate of drug-likeness (QED) is 0.303. The molecule has 1 aromatic rings. The molecule has 0 aliphatic carbocycles. The minimum Gasteiger partial charge on any atom is -0.395 e. The molecule has 0 fully saturated rings. The third-order valence-electron chi connectivity index (χ3n) is 1.21. The van der Waals surface area contributed by atoms with Gasteiger partial charge < -0.3 is 8.83 Å². The highest BCUT2D eigenvalue weighted by atomic mass is 16.6. The number of azide groups is 1. The number of rotatable bonds is 4. The molecule has 0 aromatic carbocycles. The molecule has 8 heteroatoms. The van der Waals surface area contributed by atoms with E-state index in [4.69, 9.17) is 5.53 Å². The molecule has 0 aliphatic rings. The van der Waals surface area contributed by atoms with Crippen LogP contribution in [0.3, 0.4) is 0 Å². The molecule has 1 rings (SSSR count). The molecular weight excluding hydrogens is 180 g/mol. The minimum absolute atomic E-state index is 0.00704. The van der Waals surface area contributed by atoms with Gasteiger partial charge in [-0.25, -0.2) is 4.79 Å². The Labute approximate surface area is 70.8 Å². The van der Waals surface area contributed by atoms with Crippen molar-refractivity contribution in [2.75, 3.05) is 0 Å². The molecule has 1 heterocycles.